The first-order chi connectivity index (χ1) is 12.2. The molecule has 0 aliphatic carbocycles. The molecule has 5 nitrogen and oxygen atoms in total. The van der Waals surface area contributed by atoms with E-state index in [0.717, 1.165) is 24.1 Å². The number of hydrogen-bond acceptors (Lipinski definition) is 4. The van der Waals surface area contributed by atoms with Crippen molar-refractivity contribution in [2.24, 2.45) is 5.14 Å². The number of rotatable bonds is 8. The second kappa shape index (κ2) is 8.68. The molecule has 0 aliphatic heterocycles. The van der Waals surface area contributed by atoms with Gasteiger partial charge in [0.05, 0.1) is 6.10 Å². The molecule has 26 heavy (non-hydrogen) atoms. The highest BCUT2D eigenvalue weighted by Crippen LogP contribution is 2.20. The maximum Gasteiger partial charge on any atom is 0.240 e. The van der Waals surface area contributed by atoms with Gasteiger partial charge >= 0.3 is 0 Å². The minimum Gasteiger partial charge on any atom is -0.387 e. The van der Waals surface area contributed by atoms with Crippen molar-refractivity contribution in [2.75, 3.05) is 6.54 Å². The molecular weight excluding hydrogens is 362 g/mol. The summed E-state index contributed by atoms with van der Waals surface area (Å²) in [4.78, 5) is -0.645. The number of aliphatic hydroxyl groups is 1. The molecule has 2 unspecified atom stereocenters. The van der Waals surface area contributed by atoms with Gasteiger partial charge in [0.1, 0.15) is 16.5 Å². The van der Waals surface area contributed by atoms with Gasteiger partial charge in [-0.3, -0.25) is 0 Å². The van der Waals surface area contributed by atoms with E-state index in [9.17, 15) is 22.3 Å². The van der Waals surface area contributed by atoms with Crippen LogP contribution < -0.4 is 10.5 Å². The standard InChI is InChI=1S/C18H22F2N2O3S/c1-12(5-6-13-3-2-4-15(19)9-13)22-11-17(23)14-7-8-16(20)18(10-14)26(21,24)25/h2-4,7-10,12,17,22-23H,5-6,11H2,1H3,(H2,21,24,25). The Morgan fingerprint density at radius 3 is 2.58 bits per heavy atom. The first kappa shape index (κ1) is 20.4. The Morgan fingerprint density at radius 2 is 1.92 bits per heavy atom. The highest BCUT2D eigenvalue weighted by Gasteiger charge is 2.18. The molecule has 0 saturated heterocycles. The van der Waals surface area contributed by atoms with Gasteiger partial charge in [-0.05, 0) is 55.2 Å². The number of aryl methyl sites for hydroxylation is 1. The third kappa shape index (κ3) is 5.84. The highest BCUT2D eigenvalue weighted by atomic mass is 32.2. The van der Waals surface area contributed by atoms with E-state index in [2.05, 4.69) is 5.32 Å². The number of primary sulfonamides is 1. The lowest BCUT2D eigenvalue weighted by Gasteiger charge is -2.18. The lowest BCUT2D eigenvalue weighted by molar-refractivity contribution is 0.169. The van der Waals surface area contributed by atoms with E-state index in [0.29, 0.717) is 6.42 Å². The molecule has 2 aromatic rings. The third-order valence-corrected chi connectivity index (χ3v) is 4.99. The van der Waals surface area contributed by atoms with E-state index in [-0.39, 0.29) is 24.0 Å². The fourth-order valence-electron chi connectivity index (χ4n) is 2.55. The van der Waals surface area contributed by atoms with Crippen molar-refractivity contribution < 1.29 is 22.3 Å². The highest BCUT2D eigenvalue weighted by molar-refractivity contribution is 7.89. The van der Waals surface area contributed by atoms with Crippen molar-refractivity contribution in [3.05, 3.63) is 65.2 Å². The van der Waals surface area contributed by atoms with E-state index < -0.39 is 26.8 Å². The van der Waals surface area contributed by atoms with Gasteiger partial charge in [-0.25, -0.2) is 22.3 Å². The second-order valence-corrected chi connectivity index (χ2v) is 7.76. The van der Waals surface area contributed by atoms with Gasteiger partial charge in [0.2, 0.25) is 10.0 Å². The van der Waals surface area contributed by atoms with Gasteiger partial charge in [0.25, 0.3) is 0 Å². The monoisotopic (exact) mass is 384 g/mol. The molecular formula is C18H22F2N2O3S. The molecule has 0 aliphatic rings. The third-order valence-electron chi connectivity index (χ3n) is 4.06. The summed E-state index contributed by atoms with van der Waals surface area (Å²) < 4.78 is 49.4. The Morgan fingerprint density at radius 1 is 1.19 bits per heavy atom. The van der Waals surface area contributed by atoms with Gasteiger partial charge in [0, 0.05) is 12.6 Å². The molecule has 8 heteroatoms. The molecule has 0 saturated carbocycles. The summed E-state index contributed by atoms with van der Waals surface area (Å²) in [6.07, 6.45) is 0.378. The summed E-state index contributed by atoms with van der Waals surface area (Å²) in [5.74, 6) is -1.24. The summed E-state index contributed by atoms with van der Waals surface area (Å²) in [5.41, 5.74) is 1.13. The van der Waals surface area contributed by atoms with Crippen molar-refractivity contribution in [1.29, 1.82) is 0 Å². The van der Waals surface area contributed by atoms with Crippen molar-refractivity contribution in [3.8, 4) is 0 Å². The normalized spacial score (nSPS) is 14.2. The smallest absolute Gasteiger partial charge is 0.240 e. The predicted molar refractivity (Wildman–Crippen MR) is 94.9 cm³/mol. The van der Waals surface area contributed by atoms with Crippen LogP contribution in [0.25, 0.3) is 0 Å². The molecule has 4 N–H and O–H groups in total. The van der Waals surface area contributed by atoms with Crippen LogP contribution >= 0.6 is 0 Å². The van der Waals surface area contributed by atoms with Crippen molar-refractivity contribution in [1.82, 2.24) is 5.32 Å². The van der Waals surface area contributed by atoms with E-state index >= 15 is 0 Å². The first-order valence-corrected chi connectivity index (χ1v) is 9.69. The number of hydrogen-bond donors (Lipinski definition) is 3. The molecule has 0 bridgehead atoms. The van der Waals surface area contributed by atoms with Crippen LogP contribution in [0.1, 0.15) is 30.6 Å². The molecule has 2 aromatic carbocycles. The number of sulfonamides is 1. The van der Waals surface area contributed by atoms with Gasteiger partial charge in [-0.1, -0.05) is 18.2 Å². The minimum atomic E-state index is -4.20. The topological polar surface area (TPSA) is 92.4 Å². The molecule has 0 aromatic heterocycles. The summed E-state index contributed by atoms with van der Waals surface area (Å²) in [6.45, 7) is 2.08. The van der Waals surface area contributed by atoms with Crippen LogP contribution in [0, 0.1) is 11.6 Å². The maximum atomic E-state index is 13.5. The van der Waals surface area contributed by atoms with Crippen molar-refractivity contribution >= 4 is 10.0 Å². The Hall–Kier alpha value is -1.87. The Bertz CT molecular complexity index is 859. The number of nitrogens with two attached hydrogens (primary N) is 1. The molecule has 0 spiro atoms. The van der Waals surface area contributed by atoms with Crippen molar-refractivity contribution in [3.63, 3.8) is 0 Å². The fourth-order valence-corrected chi connectivity index (χ4v) is 3.19. The summed E-state index contributed by atoms with van der Waals surface area (Å²) in [7, 11) is -4.20. The number of aliphatic hydroxyl groups excluding tert-OH is 1. The van der Waals surface area contributed by atoms with E-state index in [1.54, 1.807) is 6.07 Å². The van der Waals surface area contributed by atoms with Crippen LogP contribution in [0.4, 0.5) is 8.78 Å². The Balaban J connectivity index is 1.90. The maximum absolute atomic E-state index is 13.5. The average Bonchev–Trinajstić information content (AvgIpc) is 2.57. The van der Waals surface area contributed by atoms with Crippen LogP contribution in [-0.4, -0.2) is 26.1 Å². The van der Waals surface area contributed by atoms with Gasteiger partial charge in [0.15, 0.2) is 0 Å². The summed E-state index contributed by atoms with van der Waals surface area (Å²) in [5, 5.41) is 18.3. The van der Waals surface area contributed by atoms with Gasteiger partial charge in [-0.15, -0.1) is 0 Å². The fraction of sp³-hybridized carbons (Fsp3) is 0.333. The Kier molecular flexibility index (Phi) is 6.82. The van der Waals surface area contributed by atoms with E-state index in [1.807, 2.05) is 13.0 Å². The van der Waals surface area contributed by atoms with Crippen LogP contribution in [0.2, 0.25) is 0 Å². The first-order valence-electron chi connectivity index (χ1n) is 8.15. The summed E-state index contributed by atoms with van der Waals surface area (Å²) in [6, 6.07) is 9.72. The molecule has 0 amide bonds. The second-order valence-electron chi connectivity index (χ2n) is 6.23. The zero-order chi connectivity index (χ0) is 19.3. The van der Waals surface area contributed by atoms with Crippen LogP contribution in [0.5, 0.6) is 0 Å². The Labute approximate surface area is 151 Å². The van der Waals surface area contributed by atoms with Crippen LogP contribution in [0.3, 0.4) is 0 Å². The largest absolute Gasteiger partial charge is 0.387 e. The molecule has 142 valence electrons. The average molecular weight is 384 g/mol. The van der Waals surface area contributed by atoms with Crippen molar-refractivity contribution in [2.45, 2.75) is 36.8 Å². The minimum absolute atomic E-state index is 0.0334. The SMILES string of the molecule is CC(CCc1cccc(F)c1)NCC(O)c1ccc(F)c(S(N)(=O)=O)c1. The number of halogens is 2. The molecule has 0 fully saturated rings. The molecule has 2 rings (SSSR count). The lowest BCUT2D eigenvalue weighted by Crippen LogP contribution is -2.31. The zero-order valence-corrected chi connectivity index (χ0v) is 15.1. The number of benzene rings is 2. The predicted octanol–water partition coefficient (Wildman–Crippen LogP) is 2.26. The quantitative estimate of drug-likeness (QED) is 0.651. The molecule has 0 radical (unpaired) electrons. The van der Waals surface area contributed by atoms with E-state index in [4.69, 9.17) is 5.14 Å². The van der Waals surface area contributed by atoms with Gasteiger partial charge in [-0.2, -0.15) is 0 Å². The van der Waals surface area contributed by atoms with E-state index in [1.165, 1.54) is 18.2 Å². The van der Waals surface area contributed by atoms with Crippen LogP contribution in [-0.2, 0) is 16.4 Å². The molecule has 0 heterocycles. The molecule has 2 atom stereocenters. The lowest BCUT2D eigenvalue weighted by atomic mass is 10.1. The number of nitrogens with one attached hydrogen (secondary N) is 1. The summed E-state index contributed by atoms with van der Waals surface area (Å²) >= 11 is 0. The van der Waals surface area contributed by atoms with Crippen LogP contribution in [0.15, 0.2) is 47.4 Å². The zero-order valence-electron chi connectivity index (χ0n) is 14.3. The van der Waals surface area contributed by atoms with Gasteiger partial charge < -0.3 is 10.4 Å².